The lowest BCUT2D eigenvalue weighted by Crippen LogP contribution is -2.24. The normalized spacial score (nSPS) is 11.0. The zero-order chi connectivity index (χ0) is 18.7. The van der Waals surface area contributed by atoms with E-state index < -0.39 is 11.5 Å². The number of aromatic amines is 1. The number of aryl methyl sites for hydroxylation is 2. The smallest absolute Gasteiger partial charge is 0.290 e. The van der Waals surface area contributed by atoms with Gasteiger partial charge in [-0.05, 0) is 37.6 Å². The van der Waals surface area contributed by atoms with Crippen molar-refractivity contribution in [2.75, 3.05) is 0 Å². The number of benzene rings is 1. The van der Waals surface area contributed by atoms with Crippen LogP contribution >= 0.6 is 0 Å². The maximum atomic E-state index is 12.4. The van der Waals surface area contributed by atoms with Crippen LogP contribution in [0.1, 0.15) is 27.4 Å². The highest BCUT2D eigenvalue weighted by atomic mass is 16.3. The van der Waals surface area contributed by atoms with E-state index in [0.29, 0.717) is 11.3 Å². The highest BCUT2D eigenvalue weighted by molar-refractivity contribution is 5.94. The molecule has 10 heteroatoms. The molecule has 132 valence electrons. The third-order valence-corrected chi connectivity index (χ3v) is 3.36. The van der Waals surface area contributed by atoms with E-state index in [1.54, 1.807) is 19.1 Å². The molecule has 0 atom stereocenters. The predicted octanol–water partition coefficient (Wildman–Crippen LogP) is 0.437. The Hall–Kier alpha value is -3.82. The molecule has 0 saturated heterocycles. The summed E-state index contributed by atoms with van der Waals surface area (Å²) in [7, 11) is 0. The van der Waals surface area contributed by atoms with Crippen molar-refractivity contribution >= 4 is 12.1 Å². The number of carbonyl (C=O) groups is 1. The monoisotopic (exact) mass is 353 g/mol. The van der Waals surface area contributed by atoms with Crippen LogP contribution in [-0.2, 0) is 0 Å². The largest absolute Gasteiger partial charge is 0.508 e. The Labute approximate surface area is 147 Å². The fraction of sp³-hybridized carbons (Fsp3) is 0.125. The summed E-state index contributed by atoms with van der Waals surface area (Å²) in [5.74, 6) is -0.433. The third kappa shape index (κ3) is 3.64. The number of aromatic nitrogens is 5. The first-order chi connectivity index (χ1) is 12.4. The van der Waals surface area contributed by atoms with Crippen LogP contribution in [-0.4, -0.2) is 42.2 Å². The molecular formula is C16H15N7O3. The van der Waals surface area contributed by atoms with Crippen LogP contribution in [0.3, 0.4) is 0 Å². The van der Waals surface area contributed by atoms with Crippen molar-refractivity contribution in [1.82, 2.24) is 30.4 Å². The number of hydrogen-bond donors (Lipinski definition) is 3. The summed E-state index contributed by atoms with van der Waals surface area (Å²) in [5, 5.41) is 25.0. The lowest BCUT2D eigenvalue weighted by atomic mass is 10.2. The van der Waals surface area contributed by atoms with E-state index in [2.05, 4.69) is 30.8 Å². The summed E-state index contributed by atoms with van der Waals surface area (Å²) < 4.78 is 1.18. The number of nitrogens with one attached hydrogen (secondary N) is 2. The molecule has 0 radical (unpaired) electrons. The number of aromatic hydroxyl groups is 1. The second kappa shape index (κ2) is 6.97. The first-order valence-corrected chi connectivity index (χ1v) is 7.57. The second-order valence-electron chi connectivity index (χ2n) is 5.44. The van der Waals surface area contributed by atoms with Crippen molar-refractivity contribution in [2.24, 2.45) is 5.10 Å². The first-order valence-electron chi connectivity index (χ1n) is 7.57. The van der Waals surface area contributed by atoms with Gasteiger partial charge in [-0.15, -0.1) is 10.2 Å². The number of amides is 1. The number of rotatable bonds is 4. The number of carbonyl (C=O) groups excluding carboxylic acids is 1. The Morgan fingerprint density at radius 1 is 1.31 bits per heavy atom. The molecule has 0 saturated carbocycles. The van der Waals surface area contributed by atoms with E-state index >= 15 is 0 Å². The Bertz CT molecular complexity index is 1050. The van der Waals surface area contributed by atoms with Gasteiger partial charge in [-0.1, -0.05) is 12.1 Å². The molecule has 10 nitrogen and oxygen atoms in total. The number of hydrogen-bond acceptors (Lipinski definition) is 7. The van der Waals surface area contributed by atoms with Crippen LogP contribution in [0.4, 0.5) is 0 Å². The SMILES string of the molecule is Cc1cc(C(=O)N/N=C\c2cccc(O)c2)n(-c2nnc(C)c(=O)[nH]2)n1. The maximum absolute atomic E-state index is 12.4. The Morgan fingerprint density at radius 2 is 2.12 bits per heavy atom. The van der Waals surface area contributed by atoms with E-state index in [1.807, 2.05) is 0 Å². The van der Waals surface area contributed by atoms with Crippen LogP contribution in [0.5, 0.6) is 5.75 Å². The van der Waals surface area contributed by atoms with Gasteiger partial charge in [0.1, 0.15) is 17.1 Å². The van der Waals surface area contributed by atoms with Crippen molar-refractivity contribution in [3.8, 4) is 11.7 Å². The summed E-state index contributed by atoms with van der Waals surface area (Å²) in [5.41, 5.74) is 3.45. The van der Waals surface area contributed by atoms with Crippen LogP contribution < -0.4 is 11.0 Å². The molecule has 0 unspecified atom stereocenters. The molecule has 0 aliphatic heterocycles. The molecule has 0 aliphatic carbocycles. The van der Waals surface area contributed by atoms with Gasteiger partial charge in [0.15, 0.2) is 0 Å². The predicted molar refractivity (Wildman–Crippen MR) is 92.4 cm³/mol. The minimum absolute atomic E-state index is 0.0239. The summed E-state index contributed by atoms with van der Waals surface area (Å²) in [4.78, 5) is 26.6. The fourth-order valence-corrected chi connectivity index (χ4v) is 2.13. The highest BCUT2D eigenvalue weighted by Gasteiger charge is 2.17. The quantitative estimate of drug-likeness (QED) is 0.459. The van der Waals surface area contributed by atoms with Crippen LogP contribution in [0.25, 0.3) is 5.95 Å². The van der Waals surface area contributed by atoms with E-state index in [0.717, 1.165) is 0 Å². The molecule has 0 spiro atoms. The van der Waals surface area contributed by atoms with Crippen molar-refractivity contribution < 1.29 is 9.90 Å². The summed E-state index contributed by atoms with van der Waals surface area (Å²) in [6.07, 6.45) is 1.39. The molecular weight excluding hydrogens is 338 g/mol. The zero-order valence-corrected chi connectivity index (χ0v) is 14.0. The lowest BCUT2D eigenvalue weighted by molar-refractivity contribution is 0.0947. The molecule has 26 heavy (non-hydrogen) atoms. The Kier molecular flexibility index (Phi) is 4.56. The minimum atomic E-state index is -0.551. The second-order valence-corrected chi connectivity index (χ2v) is 5.44. The molecule has 3 aromatic rings. The lowest BCUT2D eigenvalue weighted by Gasteiger charge is -2.04. The average molecular weight is 353 g/mol. The molecule has 1 aromatic carbocycles. The van der Waals surface area contributed by atoms with Crippen LogP contribution in [0.15, 0.2) is 40.2 Å². The van der Waals surface area contributed by atoms with E-state index in [9.17, 15) is 14.7 Å². The topological polar surface area (TPSA) is 138 Å². The first kappa shape index (κ1) is 17.0. The van der Waals surface area contributed by atoms with Gasteiger partial charge in [-0.2, -0.15) is 14.9 Å². The van der Waals surface area contributed by atoms with Gasteiger partial charge in [0, 0.05) is 0 Å². The van der Waals surface area contributed by atoms with Gasteiger partial charge in [0.2, 0.25) is 0 Å². The van der Waals surface area contributed by atoms with Gasteiger partial charge in [0.05, 0.1) is 11.9 Å². The average Bonchev–Trinajstić information content (AvgIpc) is 2.99. The van der Waals surface area contributed by atoms with Gasteiger partial charge >= 0.3 is 0 Å². The molecule has 0 fully saturated rings. The van der Waals surface area contributed by atoms with E-state index in [-0.39, 0.29) is 23.1 Å². The summed E-state index contributed by atoms with van der Waals surface area (Å²) >= 11 is 0. The molecule has 2 heterocycles. The van der Waals surface area contributed by atoms with E-state index in [1.165, 1.54) is 36.0 Å². The fourth-order valence-electron chi connectivity index (χ4n) is 2.13. The molecule has 1 amide bonds. The van der Waals surface area contributed by atoms with Crippen LogP contribution in [0.2, 0.25) is 0 Å². The molecule has 2 aromatic heterocycles. The number of phenols is 1. The van der Waals surface area contributed by atoms with Gasteiger partial charge in [-0.3, -0.25) is 14.6 Å². The van der Waals surface area contributed by atoms with Gasteiger partial charge < -0.3 is 5.11 Å². The minimum Gasteiger partial charge on any atom is -0.508 e. The standard InChI is InChI=1S/C16H15N7O3/c1-9-6-13(23(22-9)16-18-14(25)10(2)19-21-16)15(26)20-17-8-11-4-3-5-12(24)7-11/h3-8,24H,1-2H3,(H,20,26)(H,18,21,25)/b17-8-. The Morgan fingerprint density at radius 3 is 2.85 bits per heavy atom. The molecule has 0 bridgehead atoms. The van der Waals surface area contributed by atoms with Crippen molar-refractivity contribution in [2.45, 2.75) is 13.8 Å². The number of phenolic OH excluding ortho intramolecular Hbond substituents is 1. The molecule has 3 N–H and O–H groups in total. The van der Waals surface area contributed by atoms with Crippen molar-refractivity contribution in [1.29, 1.82) is 0 Å². The Balaban J connectivity index is 1.84. The van der Waals surface area contributed by atoms with Crippen molar-refractivity contribution in [3.63, 3.8) is 0 Å². The summed E-state index contributed by atoms with van der Waals surface area (Å²) in [6.45, 7) is 3.22. The van der Waals surface area contributed by atoms with Crippen LogP contribution in [0, 0.1) is 13.8 Å². The molecule has 3 rings (SSSR count). The third-order valence-electron chi connectivity index (χ3n) is 3.36. The highest BCUT2D eigenvalue weighted by Crippen LogP contribution is 2.09. The number of nitrogens with zero attached hydrogens (tertiary/aromatic N) is 5. The maximum Gasteiger partial charge on any atom is 0.290 e. The number of H-pyrrole nitrogens is 1. The zero-order valence-electron chi connectivity index (χ0n) is 14.0. The number of hydrazone groups is 1. The van der Waals surface area contributed by atoms with Crippen molar-refractivity contribution in [3.05, 3.63) is 63.3 Å². The van der Waals surface area contributed by atoms with Gasteiger partial charge in [0.25, 0.3) is 17.4 Å². The molecule has 0 aliphatic rings. The van der Waals surface area contributed by atoms with E-state index in [4.69, 9.17) is 0 Å². The summed E-state index contributed by atoms with van der Waals surface area (Å²) in [6, 6.07) is 7.93. The van der Waals surface area contributed by atoms with Gasteiger partial charge in [-0.25, -0.2) is 5.43 Å².